The van der Waals surface area contributed by atoms with E-state index in [2.05, 4.69) is 15.3 Å². The van der Waals surface area contributed by atoms with Gasteiger partial charge in [-0.1, -0.05) is 18.2 Å². The molecule has 1 aliphatic rings. The second kappa shape index (κ2) is 8.66. The molecule has 1 N–H and O–H groups in total. The van der Waals surface area contributed by atoms with Gasteiger partial charge in [-0.2, -0.15) is 0 Å². The Kier molecular flexibility index (Phi) is 6.06. The van der Waals surface area contributed by atoms with E-state index in [-0.39, 0.29) is 19.6 Å². The molecule has 2 heterocycles. The molecule has 0 bridgehead atoms. The summed E-state index contributed by atoms with van der Waals surface area (Å²) in [6.45, 7) is 1.91. The van der Waals surface area contributed by atoms with Crippen molar-refractivity contribution in [3.63, 3.8) is 0 Å². The highest BCUT2D eigenvalue weighted by molar-refractivity contribution is 5.93. The molecule has 1 saturated heterocycles. The summed E-state index contributed by atoms with van der Waals surface area (Å²) in [7, 11) is 0. The van der Waals surface area contributed by atoms with Crippen molar-refractivity contribution in [1.82, 2.24) is 14.9 Å². The summed E-state index contributed by atoms with van der Waals surface area (Å²) in [6.07, 6.45) is 2.26. The fourth-order valence-corrected chi connectivity index (χ4v) is 2.64. The molecule has 8 heteroatoms. The first kappa shape index (κ1) is 18.2. The topological polar surface area (TPSA) is 67.4 Å². The van der Waals surface area contributed by atoms with Crippen LogP contribution in [0.5, 0.6) is 0 Å². The first-order chi connectivity index (χ1) is 12.6. The molecule has 0 radical (unpaired) electrons. The Morgan fingerprint density at radius 3 is 2.88 bits per heavy atom. The van der Waals surface area contributed by atoms with E-state index in [9.17, 15) is 13.6 Å². The molecule has 0 aliphatic carbocycles. The molecule has 6 nitrogen and oxygen atoms in total. The highest BCUT2D eigenvalue weighted by atomic mass is 19.3. The zero-order valence-corrected chi connectivity index (χ0v) is 14.2. The predicted octanol–water partition coefficient (Wildman–Crippen LogP) is 3.48. The molecule has 0 spiro atoms. The highest BCUT2D eigenvalue weighted by Crippen LogP contribution is 2.19. The summed E-state index contributed by atoms with van der Waals surface area (Å²) < 4.78 is 30.8. The summed E-state index contributed by atoms with van der Waals surface area (Å²) in [5.41, 5.74) is 1.07. The van der Waals surface area contributed by atoms with E-state index in [1.807, 2.05) is 0 Å². The van der Waals surface area contributed by atoms with Crippen molar-refractivity contribution < 1.29 is 19.7 Å². The predicted molar refractivity (Wildman–Crippen MR) is 94.0 cm³/mol. The zero-order chi connectivity index (χ0) is 18.4. The smallest absolute Gasteiger partial charge is 0.263 e. The van der Waals surface area contributed by atoms with Crippen LogP contribution in [0.1, 0.15) is 42.2 Å². The Hall–Kier alpha value is -2.61. The SMILES string of the molecule is O=C(c1cnc(NCc2cccc(C(F)F)c2)nc1)N1CCCCOC1.[HH]. The molecule has 3 rings (SSSR count). The minimum Gasteiger partial charge on any atom is -0.361 e. The largest absolute Gasteiger partial charge is 0.361 e. The molecule has 1 aliphatic heterocycles. The van der Waals surface area contributed by atoms with Gasteiger partial charge >= 0.3 is 0 Å². The molecular weight excluding hydrogens is 342 g/mol. The van der Waals surface area contributed by atoms with Gasteiger partial charge in [-0.05, 0) is 24.5 Å². The minimum absolute atomic E-state index is 0. The average molecular weight is 364 g/mol. The van der Waals surface area contributed by atoms with E-state index < -0.39 is 6.43 Å². The molecule has 1 aromatic heterocycles. The molecule has 1 amide bonds. The van der Waals surface area contributed by atoms with E-state index in [1.165, 1.54) is 24.5 Å². The number of rotatable bonds is 5. The number of carbonyl (C=O) groups excluding carboxylic acids is 1. The molecule has 0 unspecified atom stereocenters. The van der Waals surface area contributed by atoms with E-state index in [4.69, 9.17) is 4.74 Å². The highest BCUT2D eigenvalue weighted by Gasteiger charge is 2.18. The lowest BCUT2D eigenvalue weighted by Crippen LogP contribution is -2.32. The number of aromatic nitrogens is 2. The number of halogens is 2. The van der Waals surface area contributed by atoms with Crippen molar-refractivity contribution in [3.8, 4) is 0 Å². The molecule has 0 atom stereocenters. The molecule has 2 aromatic rings. The van der Waals surface area contributed by atoms with Gasteiger partial charge in [0.25, 0.3) is 12.3 Å². The van der Waals surface area contributed by atoms with Gasteiger partial charge in [-0.25, -0.2) is 18.7 Å². The Morgan fingerprint density at radius 2 is 2.12 bits per heavy atom. The first-order valence-corrected chi connectivity index (χ1v) is 8.43. The summed E-state index contributed by atoms with van der Waals surface area (Å²) in [4.78, 5) is 22.3. The number of carbonyl (C=O) groups is 1. The third kappa shape index (κ3) is 4.72. The number of nitrogens with one attached hydrogen (secondary N) is 1. The summed E-state index contributed by atoms with van der Waals surface area (Å²) in [5, 5.41) is 2.97. The van der Waals surface area contributed by atoms with Crippen molar-refractivity contribution in [2.75, 3.05) is 25.2 Å². The number of anilines is 1. The van der Waals surface area contributed by atoms with E-state index >= 15 is 0 Å². The normalized spacial score (nSPS) is 15.0. The Balaban J connectivity index is 0.00000261. The molecule has 26 heavy (non-hydrogen) atoms. The number of alkyl halides is 2. The number of ether oxygens (including phenoxy) is 1. The average Bonchev–Trinajstić information content (AvgIpc) is 2.96. The van der Waals surface area contributed by atoms with Crippen LogP contribution in [0.3, 0.4) is 0 Å². The van der Waals surface area contributed by atoms with Gasteiger partial charge in [-0.15, -0.1) is 0 Å². The van der Waals surface area contributed by atoms with Gasteiger partial charge < -0.3 is 15.0 Å². The maximum Gasteiger partial charge on any atom is 0.263 e. The zero-order valence-electron chi connectivity index (χ0n) is 14.2. The third-order valence-electron chi connectivity index (χ3n) is 4.05. The summed E-state index contributed by atoms with van der Waals surface area (Å²) in [6, 6.07) is 6.16. The van der Waals surface area contributed by atoms with Crippen molar-refractivity contribution in [1.29, 1.82) is 0 Å². The molecule has 0 saturated carbocycles. The van der Waals surface area contributed by atoms with Crippen LogP contribution in [-0.4, -0.2) is 40.7 Å². The Bertz CT molecular complexity index is 738. The van der Waals surface area contributed by atoms with Crippen molar-refractivity contribution in [2.24, 2.45) is 0 Å². The van der Waals surface area contributed by atoms with E-state index in [0.29, 0.717) is 36.8 Å². The monoisotopic (exact) mass is 364 g/mol. The number of hydrogen-bond donors (Lipinski definition) is 1. The molecular formula is C18H22F2N4O2. The molecule has 1 fully saturated rings. The van der Waals surface area contributed by atoms with E-state index in [0.717, 1.165) is 12.8 Å². The van der Waals surface area contributed by atoms with Gasteiger partial charge in [0.2, 0.25) is 5.95 Å². The molecule has 1 aromatic carbocycles. The lowest BCUT2D eigenvalue weighted by atomic mass is 10.1. The van der Waals surface area contributed by atoms with Crippen LogP contribution >= 0.6 is 0 Å². The van der Waals surface area contributed by atoms with Crippen LogP contribution in [0.25, 0.3) is 0 Å². The lowest BCUT2D eigenvalue weighted by Gasteiger charge is -2.19. The number of nitrogens with zero attached hydrogens (tertiary/aromatic N) is 3. The number of amides is 1. The Labute approximate surface area is 151 Å². The van der Waals surface area contributed by atoms with Crippen LogP contribution in [0.2, 0.25) is 0 Å². The van der Waals surface area contributed by atoms with E-state index in [1.54, 1.807) is 17.0 Å². The number of benzene rings is 1. The fraction of sp³-hybridized carbons (Fsp3) is 0.389. The first-order valence-electron chi connectivity index (χ1n) is 8.43. The molecule has 140 valence electrons. The summed E-state index contributed by atoms with van der Waals surface area (Å²) >= 11 is 0. The summed E-state index contributed by atoms with van der Waals surface area (Å²) in [5.74, 6) is 0.166. The number of hydrogen-bond acceptors (Lipinski definition) is 5. The van der Waals surface area contributed by atoms with Gasteiger partial charge in [-0.3, -0.25) is 4.79 Å². The lowest BCUT2D eigenvalue weighted by molar-refractivity contribution is 0.0368. The van der Waals surface area contributed by atoms with Crippen LogP contribution in [0.15, 0.2) is 36.7 Å². The van der Waals surface area contributed by atoms with Crippen LogP contribution in [0, 0.1) is 0 Å². The maximum absolute atomic E-state index is 12.7. The second-order valence-electron chi connectivity index (χ2n) is 6.01. The second-order valence-corrected chi connectivity index (χ2v) is 6.01. The third-order valence-corrected chi connectivity index (χ3v) is 4.05. The van der Waals surface area contributed by atoms with Crippen LogP contribution < -0.4 is 5.32 Å². The minimum atomic E-state index is -2.50. The standard InChI is InChI=1S/C18H20F2N4O2.H2/c19-16(20)14-5-3-4-13(8-14)9-21-18-22-10-15(11-23-18)17(25)24-6-1-2-7-26-12-24;/h3-5,8,10-11,16H,1-2,6-7,9,12H2,(H,21,22,23);1H. The Morgan fingerprint density at radius 1 is 1.31 bits per heavy atom. The van der Waals surface area contributed by atoms with Crippen molar-refractivity contribution >= 4 is 11.9 Å². The van der Waals surface area contributed by atoms with Crippen molar-refractivity contribution in [2.45, 2.75) is 25.8 Å². The quantitative estimate of drug-likeness (QED) is 0.880. The maximum atomic E-state index is 12.7. The van der Waals surface area contributed by atoms with Crippen LogP contribution in [-0.2, 0) is 11.3 Å². The van der Waals surface area contributed by atoms with Gasteiger partial charge in [0, 0.05) is 39.1 Å². The van der Waals surface area contributed by atoms with Crippen LogP contribution in [0.4, 0.5) is 14.7 Å². The van der Waals surface area contributed by atoms with Gasteiger partial charge in [0.1, 0.15) is 6.73 Å². The van der Waals surface area contributed by atoms with Crippen molar-refractivity contribution in [3.05, 3.63) is 53.3 Å². The van der Waals surface area contributed by atoms with Gasteiger partial charge in [0.05, 0.1) is 5.56 Å². The fourth-order valence-electron chi connectivity index (χ4n) is 2.64. The van der Waals surface area contributed by atoms with Gasteiger partial charge in [0.15, 0.2) is 0 Å².